The zero-order chi connectivity index (χ0) is 33.7. The lowest BCUT2D eigenvalue weighted by Gasteiger charge is -2.27. The van der Waals surface area contributed by atoms with Crippen molar-refractivity contribution in [2.75, 3.05) is 19.6 Å². The van der Waals surface area contributed by atoms with Crippen LogP contribution >= 0.6 is 0 Å². The molecule has 8 nitrogen and oxygen atoms in total. The van der Waals surface area contributed by atoms with E-state index in [1.807, 2.05) is 27.7 Å². The molecule has 0 bridgehead atoms. The Morgan fingerprint density at radius 1 is 0.907 bits per heavy atom. The van der Waals surface area contributed by atoms with Crippen LogP contribution in [0.2, 0.25) is 0 Å². The number of carbonyl (C=O) groups excluding carboxylic acids is 3. The Hall–Kier alpha value is -3.60. The van der Waals surface area contributed by atoms with Crippen molar-refractivity contribution in [2.24, 2.45) is 11.8 Å². The highest BCUT2D eigenvalue weighted by Gasteiger charge is 2.31. The van der Waals surface area contributed by atoms with Crippen molar-refractivity contribution < 1.29 is 37.8 Å². The molecular formula is C32H50F3N3O5. The third kappa shape index (κ3) is 19.3. The number of hydrogen-bond donors (Lipinski definition) is 4. The number of rotatable bonds is 10. The maximum atomic E-state index is 12.9. The number of nitrogens with zero attached hydrogens (tertiary/aromatic N) is 1. The van der Waals surface area contributed by atoms with E-state index >= 15 is 0 Å². The summed E-state index contributed by atoms with van der Waals surface area (Å²) in [7, 11) is 0. The number of nitrogens with one attached hydrogen (secondary N) is 2. The lowest BCUT2D eigenvalue weighted by atomic mass is 10.1. The number of phenolic OH excluding ortho intramolecular Hbond substituents is 1. The number of aliphatic hydroxyl groups is 1. The molecule has 0 aliphatic heterocycles. The van der Waals surface area contributed by atoms with Crippen molar-refractivity contribution in [3.63, 3.8) is 0 Å². The van der Waals surface area contributed by atoms with Crippen LogP contribution in [0.15, 0.2) is 48.5 Å². The third-order valence-corrected chi connectivity index (χ3v) is 5.08. The van der Waals surface area contributed by atoms with Gasteiger partial charge in [-0.2, -0.15) is 0 Å². The zero-order valence-corrected chi connectivity index (χ0v) is 26.8. The molecule has 0 saturated carbocycles. The van der Waals surface area contributed by atoms with Crippen molar-refractivity contribution in [3.8, 4) is 5.75 Å². The van der Waals surface area contributed by atoms with Crippen LogP contribution in [0.4, 0.5) is 13.2 Å². The minimum atomic E-state index is -2.90. The predicted molar refractivity (Wildman–Crippen MR) is 164 cm³/mol. The first kappa shape index (κ1) is 41.5. The molecule has 0 aliphatic rings. The lowest BCUT2D eigenvalue weighted by Crippen LogP contribution is -2.53. The minimum Gasteiger partial charge on any atom is -0.508 e. The molecule has 0 spiro atoms. The van der Waals surface area contributed by atoms with Gasteiger partial charge in [0.2, 0.25) is 5.91 Å². The fourth-order valence-electron chi connectivity index (χ4n) is 2.99. The second kappa shape index (κ2) is 22.9. The highest BCUT2D eigenvalue weighted by Crippen LogP contribution is 2.19. The molecule has 2 rings (SSSR count). The normalized spacial score (nSPS) is 11.5. The SMILES string of the molecule is CC.CC(C)C.Cc1c(O)cccc1C(=O)NC(C)C(O)C(=O)N(CC(=O)NCC(C)C)CC(F)F.Fc1ccccc1. The highest BCUT2D eigenvalue weighted by atomic mass is 19.3. The molecule has 0 aliphatic carbocycles. The summed E-state index contributed by atoms with van der Waals surface area (Å²) in [5, 5.41) is 24.9. The number of alkyl halides is 2. The van der Waals surface area contributed by atoms with Crippen LogP contribution in [-0.4, -0.2) is 71.0 Å². The van der Waals surface area contributed by atoms with Gasteiger partial charge in [-0.25, -0.2) is 13.2 Å². The summed E-state index contributed by atoms with van der Waals surface area (Å²) >= 11 is 0. The largest absolute Gasteiger partial charge is 0.508 e. The van der Waals surface area contributed by atoms with Gasteiger partial charge in [-0.05, 0) is 49.9 Å². The number of aromatic hydroxyl groups is 1. The number of aliphatic hydroxyl groups excluding tert-OH is 1. The minimum absolute atomic E-state index is 0.0950. The molecule has 0 heterocycles. The Balaban J connectivity index is 0. The number of phenols is 1. The van der Waals surface area contributed by atoms with Crippen molar-refractivity contribution in [3.05, 3.63) is 65.5 Å². The van der Waals surface area contributed by atoms with Gasteiger partial charge in [0.15, 0.2) is 6.10 Å². The molecular weight excluding hydrogens is 563 g/mol. The lowest BCUT2D eigenvalue weighted by molar-refractivity contribution is -0.146. The number of halogens is 3. The Morgan fingerprint density at radius 2 is 1.44 bits per heavy atom. The van der Waals surface area contributed by atoms with E-state index in [-0.39, 0.29) is 23.0 Å². The molecule has 2 atom stereocenters. The number of hydrogen-bond acceptors (Lipinski definition) is 5. The van der Waals surface area contributed by atoms with Crippen LogP contribution in [0, 0.1) is 24.6 Å². The Kier molecular flexibility index (Phi) is 22.1. The Morgan fingerprint density at radius 3 is 1.88 bits per heavy atom. The fraction of sp³-hybridized carbons (Fsp3) is 0.531. The van der Waals surface area contributed by atoms with E-state index in [9.17, 15) is 37.8 Å². The van der Waals surface area contributed by atoms with E-state index in [2.05, 4.69) is 31.4 Å². The predicted octanol–water partition coefficient (Wildman–Crippen LogP) is 5.56. The summed E-state index contributed by atoms with van der Waals surface area (Å²) in [4.78, 5) is 37.4. The first-order chi connectivity index (χ1) is 20.1. The summed E-state index contributed by atoms with van der Waals surface area (Å²) in [6.07, 6.45) is -4.75. The molecule has 0 aromatic heterocycles. The summed E-state index contributed by atoms with van der Waals surface area (Å²) < 4.78 is 37.7. The molecule has 0 saturated heterocycles. The van der Waals surface area contributed by atoms with Crippen LogP contribution < -0.4 is 10.6 Å². The summed E-state index contributed by atoms with van der Waals surface area (Å²) in [6, 6.07) is 11.1. The average Bonchev–Trinajstić information content (AvgIpc) is 2.93. The molecule has 3 amide bonds. The quantitative estimate of drug-likeness (QED) is 0.280. The maximum absolute atomic E-state index is 12.9. The smallest absolute Gasteiger partial charge is 0.255 e. The second-order valence-corrected chi connectivity index (χ2v) is 10.5. The monoisotopic (exact) mass is 613 g/mol. The molecule has 43 heavy (non-hydrogen) atoms. The first-order valence-corrected chi connectivity index (χ1v) is 14.4. The van der Waals surface area contributed by atoms with Crippen LogP contribution in [0.25, 0.3) is 0 Å². The standard InChI is InChI=1S/C20H29F2N3O5.C6H5F.C4H10.C2H6/c1-11(2)8-23-17(27)10-25(9-16(21)22)20(30)18(28)13(4)24-19(29)14-6-5-7-15(26)12(14)3;7-6-4-2-1-3-5-6;1-4(2)3;1-2/h5-7,11,13,16,18,26,28H,8-10H2,1-4H3,(H,23,27)(H,24,29);1-5H;4H,1-3H3;1-2H3. The van der Waals surface area contributed by atoms with Crippen molar-refractivity contribution in [2.45, 2.75) is 80.9 Å². The van der Waals surface area contributed by atoms with Crippen LogP contribution in [0.5, 0.6) is 5.75 Å². The van der Waals surface area contributed by atoms with E-state index < -0.39 is 49.4 Å². The average molecular weight is 614 g/mol. The summed E-state index contributed by atoms with van der Waals surface area (Å²) in [6.45, 7) is 15.7. The molecule has 2 unspecified atom stereocenters. The van der Waals surface area contributed by atoms with E-state index in [0.29, 0.717) is 17.0 Å². The van der Waals surface area contributed by atoms with Gasteiger partial charge in [-0.1, -0.05) is 72.7 Å². The van der Waals surface area contributed by atoms with Gasteiger partial charge in [0.05, 0.1) is 19.1 Å². The van der Waals surface area contributed by atoms with Crippen molar-refractivity contribution >= 4 is 17.7 Å². The molecule has 4 N–H and O–H groups in total. The summed E-state index contributed by atoms with van der Waals surface area (Å²) in [5.74, 6) is -1.69. The van der Waals surface area contributed by atoms with Crippen molar-refractivity contribution in [1.82, 2.24) is 15.5 Å². The Bertz CT molecular complexity index is 1070. The van der Waals surface area contributed by atoms with Gasteiger partial charge in [0.25, 0.3) is 18.2 Å². The molecule has 2 aromatic carbocycles. The number of amides is 3. The molecule has 0 radical (unpaired) electrons. The molecule has 2 aromatic rings. The van der Waals surface area contributed by atoms with E-state index in [1.54, 1.807) is 18.2 Å². The van der Waals surface area contributed by atoms with E-state index in [4.69, 9.17) is 0 Å². The molecule has 244 valence electrons. The van der Waals surface area contributed by atoms with Gasteiger partial charge in [-0.3, -0.25) is 14.4 Å². The van der Waals surface area contributed by atoms with Gasteiger partial charge in [-0.15, -0.1) is 0 Å². The number of benzene rings is 2. The van der Waals surface area contributed by atoms with E-state index in [1.165, 1.54) is 44.2 Å². The first-order valence-electron chi connectivity index (χ1n) is 14.4. The summed E-state index contributed by atoms with van der Waals surface area (Å²) in [5.41, 5.74) is 0.447. The van der Waals surface area contributed by atoms with Gasteiger partial charge < -0.3 is 25.7 Å². The second-order valence-electron chi connectivity index (χ2n) is 10.5. The van der Waals surface area contributed by atoms with Crippen molar-refractivity contribution in [1.29, 1.82) is 0 Å². The zero-order valence-electron chi connectivity index (χ0n) is 26.8. The third-order valence-electron chi connectivity index (χ3n) is 5.08. The topological polar surface area (TPSA) is 119 Å². The maximum Gasteiger partial charge on any atom is 0.255 e. The Labute approximate surface area is 254 Å². The van der Waals surface area contributed by atoms with Gasteiger partial charge in [0, 0.05) is 17.7 Å². The highest BCUT2D eigenvalue weighted by molar-refractivity contribution is 5.97. The number of carbonyl (C=O) groups is 3. The molecule has 0 fully saturated rings. The van der Waals surface area contributed by atoms with Crippen LogP contribution in [-0.2, 0) is 9.59 Å². The van der Waals surface area contributed by atoms with Gasteiger partial charge in [0.1, 0.15) is 11.6 Å². The van der Waals surface area contributed by atoms with E-state index in [0.717, 1.165) is 5.92 Å². The van der Waals surface area contributed by atoms with Crippen LogP contribution in [0.3, 0.4) is 0 Å². The van der Waals surface area contributed by atoms with Gasteiger partial charge >= 0.3 is 0 Å². The van der Waals surface area contributed by atoms with Crippen LogP contribution in [0.1, 0.15) is 71.3 Å². The molecule has 11 heteroatoms. The fourth-order valence-corrected chi connectivity index (χ4v) is 2.99.